The van der Waals surface area contributed by atoms with Crippen molar-refractivity contribution < 1.29 is 29.0 Å². The van der Waals surface area contributed by atoms with E-state index in [-0.39, 0.29) is 23.6 Å². The van der Waals surface area contributed by atoms with Crippen molar-refractivity contribution in [2.24, 2.45) is 0 Å². The van der Waals surface area contributed by atoms with Gasteiger partial charge in [0.15, 0.2) is 0 Å². The monoisotopic (exact) mass is 438 g/mol. The molecule has 3 rings (SSSR count). The van der Waals surface area contributed by atoms with Crippen LogP contribution in [0.5, 0.6) is 11.5 Å². The number of amides is 1. The normalized spacial score (nSPS) is 17.7. The smallest absolute Gasteiger partial charge is 0.308 e. The number of ketones is 1. The zero-order valence-corrected chi connectivity index (χ0v) is 18.5. The molecule has 32 heavy (non-hydrogen) atoms. The Morgan fingerprint density at radius 1 is 1.12 bits per heavy atom. The number of carbonyl (C=O) groups is 3. The van der Waals surface area contributed by atoms with E-state index in [0.29, 0.717) is 23.4 Å². The van der Waals surface area contributed by atoms with Gasteiger partial charge >= 0.3 is 5.97 Å². The molecule has 1 N–H and O–H groups in total. The lowest BCUT2D eigenvalue weighted by Crippen LogP contribution is -2.35. The molecular weight excluding hydrogens is 412 g/mol. The molecule has 2 aromatic rings. The third kappa shape index (κ3) is 4.65. The second-order valence-electron chi connectivity index (χ2n) is 7.66. The Morgan fingerprint density at radius 3 is 2.50 bits per heavy atom. The summed E-state index contributed by atoms with van der Waals surface area (Å²) in [4.78, 5) is 40.8. The van der Waals surface area contributed by atoms with Gasteiger partial charge in [-0.1, -0.05) is 24.3 Å². The number of nitrogens with zero attached hydrogens (tertiary/aromatic N) is 2. The van der Waals surface area contributed by atoms with Crippen LogP contribution in [0.25, 0.3) is 5.76 Å². The van der Waals surface area contributed by atoms with Gasteiger partial charge in [0.2, 0.25) is 0 Å². The van der Waals surface area contributed by atoms with Crippen LogP contribution in [-0.4, -0.2) is 66.9 Å². The van der Waals surface area contributed by atoms with Gasteiger partial charge in [-0.3, -0.25) is 14.4 Å². The van der Waals surface area contributed by atoms with Crippen molar-refractivity contribution in [2.45, 2.75) is 13.0 Å². The molecule has 0 aliphatic carbocycles. The fraction of sp³-hybridized carbons (Fsp3) is 0.292. The fourth-order valence-electron chi connectivity index (χ4n) is 3.66. The van der Waals surface area contributed by atoms with Crippen LogP contribution in [-0.2, 0) is 14.4 Å². The Bertz CT molecular complexity index is 1080. The summed E-state index contributed by atoms with van der Waals surface area (Å²) in [6.07, 6.45) is 0. The summed E-state index contributed by atoms with van der Waals surface area (Å²) in [5, 5.41) is 11.2. The van der Waals surface area contributed by atoms with E-state index in [2.05, 4.69) is 0 Å². The number of hydrogen-bond donors (Lipinski definition) is 1. The van der Waals surface area contributed by atoms with Crippen molar-refractivity contribution in [3.05, 3.63) is 65.2 Å². The summed E-state index contributed by atoms with van der Waals surface area (Å²) in [7, 11) is 5.19. The number of rotatable bonds is 7. The van der Waals surface area contributed by atoms with Gasteiger partial charge < -0.3 is 24.4 Å². The van der Waals surface area contributed by atoms with Crippen molar-refractivity contribution in [1.82, 2.24) is 9.80 Å². The zero-order valence-electron chi connectivity index (χ0n) is 18.5. The summed E-state index contributed by atoms with van der Waals surface area (Å²) in [5.41, 5.74) is 0.804. The van der Waals surface area contributed by atoms with Gasteiger partial charge in [-0.05, 0) is 43.9 Å². The number of methoxy groups -OCH3 is 1. The number of hydrogen-bond acceptors (Lipinski definition) is 7. The molecule has 0 saturated carbocycles. The van der Waals surface area contributed by atoms with Crippen LogP contribution in [0, 0.1) is 0 Å². The Hall–Kier alpha value is -3.65. The SMILES string of the molecule is COc1ccccc1/C(O)=C1/C(=O)C(=O)N(CCN(C)C)C1c1cccc(OC(C)=O)c1. The van der Waals surface area contributed by atoms with E-state index in [0.717, 1.165) is 0 Å². The molecule has 8 heteroatoms. The quantitative estimate of drug-likeness (QED) is 0.233. The molecule has 0 spiro atoms. The number of ether oxygens (including phenoxy) is 2. The van der Waals surface area contributed by atoms with E-state index in [4.69, 9.17) is 9.47 Å². The van der Waals surface area contributed by atoms with E-state index >= 15 is 0 Å². The summed E-state index contributed by atoms with van der Waals surface area (Å²) in [6, 6.07) is 12.5. The maximum Gasteiger partial charge on any atom is 0.308 e. The molecule has 8 nitrogen and oxygen atoms in total. The first-order valence-electron chi connectivity index (χ1n) is 10.1. The Balaban J connectivity index is 2.19. The lowest BCUT2D eigenvalue weighted by Gasteiger charge is -2.27. The average molecular weight is 438 g/mol. The number of likely N-dealkylation sites (tertiary alicyclic amines) is 1. The largest absolute Gasteiger partial charge is 0.507 e. The van der Waals surface area contributed by atoms with Crippen LogP contribution in [0.1, 0.15) is 24.1 Å². The van der Waals surface area contributed by atoms with E-state index < -0.39 is 23.7 Å². The molecule has 0 bridgehead atoms. The molecule has 1 saturated heterocycles. The maximum absolute atomic E-state index is 13.1. The topological polar surface area (TPSA) is 96.4 Å². The molecule has 2 aromatic carbocycles. The third-order valence-electron chi connectivity index (χ3n) is 5.13. The van der Waals surface area contributed by atoms with Gasteiger partial charge in [0, 0.05) is 20.0 Å². The second kappa shape index (κ2) is 9.65. The molecule has 168 valence electrons. The van der Waals surface area contributed by atoms with Gasteiger partial charge in [0.25, 0.3) is 11.7 Å². The van der Waals surface area contributed by atoms with E-state index in [1.807, 2.05) is 19.0 Å². The van der Waals surface area contributed by atoms with Crippen LogP contribution in [0.3, 0.4) is 0 Å². The number of likely N-dealkylation sites (N-methyl/N-ethyl adjacent to an activating group) is 1. The van der Waals surface area contributed by atoms with Crippen molar-refractivity contribution >= 4 is 23.4 Å². The van der Waals surface area contributed by atoms with Crippen molar-refractivity contribution in [3.8, 4) is 11.5 Å². The lowest BCUT2D eigenvalue weighted by molar-refractivity contribution is -0.140. The molecule has 1 heterocycles. The van der Waals surface area contributed by atoms with E-state index in [1.54, 1.807) is 48.5 Å². The minimum absolute atomic E-state index is 0.0433. The number of aliphatic hydroxyl groups excluding tert-OH is 1. The molecule has 1 aliphatic rings. The standard InChI is InChI=1S/C24H26N2O6/c1-15(27)32-17-9-7-8-16(14-17)21-20(22(28)18-10-5-6-11-19(18)31-4)23(29)24(30)26(21)13-12-25(2)3/h5-11,14,21,28H,12-13H2,1-4H3/b22-20-. The molecule has 1 atom stereocenters. The Labute approximate surface area is 186 Å². The van der Waals surface area contributed by atoms with Crippen molar-refractivity contribution in [2.75, 3.05) is 34.3 Å². The average Bonchev–Trinajstić information content (AvgIpc) is 3.01. The van der Waals surface area contributed by atoms with Crippen molar-refractivity contribution in [3.63, 3.8) is 0 Å². The highest BCUT2D eigenvalue weighted by Gasteiger charge is 2.46. The molecule has 1 aliphatic heterocycles. The predicted molar refractivity (Wildman–Crippen MR) is 118 cm³/mol. The molecule has 0 aromatic heterocycles. The number of aliphatic hydroxyl groups is 1. The summed E-state index contributed by atoms with van der Waals surface area (Å²) in [6.45, 7) is 2.07. The number of benzene rings is 2. The van der Waals surface area contributed by atoms with Crippen LogP contribution in [0.4, 0.5) is 0 Å². The van der Waals surface area contributed by atoms with Gasteiger partial charge in [-0.2, -0.15) is 0 Å². The first-order chi connectivity index (χ1) is 15.2. The maximum atomic E-state index is 13.1. The van der Waals surface area contributed by atoms with Crippen LogP contribution < -0.4 is 9.47 Å². The summed E-state index contributed by atoms with van der Waals surface area (Å²) < 4.78 is 10.5. The highest BCUT2D eigenvalue weighted by Crippen LogP contribution is 2.41. The minimum Gasteiger partial charge on any atom is -0.507 e. The lowest BCUT2D eigenvalue weighted by atomic mass is 9.95. The molecule has 1 amide bonds. The first-order valence-corrected chi connectivity index (χ1v) is 10.1. The van der Waals surface area contributed by atoms with Crippen LogP contribution in [0.2, 0.25) is 0 Å². The van der Waals surface area contributed by atoms with Gasteiger partial charge in [-0.25, -0.2) is 0 Å². The molecule has 1 unspecified atom stereocenters. The van der Waals surface area contributed by atoms with Crippen LogP contribution >= 0.6 is 0 Å². The zero-order chi connectivity index (χ0) is 23.4. The summed E-state index contributed by atoms with van der Waals surface area (Å²) >= 11 is 0. The van der Waals surface area contributed by atoms with Gasteiger partial charge in [0.1, 0.15) is 17.3 Å². The van der Waals surface area contributed by atoms with Gasteiger partial charge in [-0.15, -0.1) is 0 Å². The van der Waals surface area contributed by atoms with E-state index in [1.165, 1.54) is 18.9 Å². The number of para-hydroxylation sites is 1. The number of esters is 1. The Morgan fingerprint density at radius 2 is 1.84 bits per heavy atom. The third-order valence-corrected chi connectivity index (χ3v) is 5.13. The van der Waals surface area contributed by atoms with Crippen molar-refractivity contribution in [1.29, 1.82) is 0 Å². The highest BCUT2D eigenvalue weighted by atomic mass is 16.5. The number of carbonyl (C=O) groups excluding carboxylic acids is 3. The van der Waals surface area contributed by atoms with Crippen LogP contribution in [0.15, 0.2) is 54.1 Å². The summed E-state index contributed by atoms with van der Waals surface area (Å²) in [5.74, 6) is -1.64. The highest BCUT2D eigenvalue weighted by molar-refractivity contribution is 6.46. The molecular formula is C24H26N2O6. The Kier molecular flexibility index (Phi) is 6.95. The van der Waals surface area contributed by atoms with E-state index in [9.17, 15) is 19.5 Å². The molecule has 1 fully saturated rings. The van der Waals surface area contributed by atoms with Gasteiger partial charge in [0.05, 0.1) is 24.3 Å². The second-order valence-corrected chi connectivity index (χ2v) is 7.66. The minimum atomic E-state index is -0.852. The number of Topliss-reactive ketones (excluding diaryl/α,β-unsaturated/α-hetero) is 1. The molecule has 0 radical (unpaired) electrons. The predicted octanol–water partition coefficient (Wildman–Crippen LogP) is 2.60. The first kappa shape index (κ1) is 23.0. The fourth-order valence-corrected chi connectivity index (χ4v) is 3.66.